The summed E-state index contributed by atoms with van der Waals surface area (Å²) in [7, 11) is 0. The van der Waals surface area contributed by atoms with Crippen molar-refractivity contribution < 1.29 is 4.39 Å². The first-order chi connectivity index (χ1) is 7.58. The third-order valence-electron chi connectivity index (χ3n) is 2.38. The van der Waals surface area contributed by atoms with E-state index in [0.717, 1.165) is 15.6 Å². The molecule has 1 aromatic heterocycles. The summed E-state index contributed by atoms with van der Waals surface area (Å²) in [5, 5.41) is 1.19. The maximum absolute atomic E-state index is 13.7. The molecule has 1 heterocycles. The lowest BCUT2D eigenvalue weighted by Gasteiger charge is -2.03. The van der Waals surface area contributed by atoms with E-state index in [0.29, 0.717) is 12.0 Å². The first-order valence-corrected chi connectivity index (χ1v) is 6.13. The lowest BCUT2D eigenvalue weighted by atomic mass is 10.1. The number of halogens is 2. The number of hydrogen-bond acceptors (Lipinski definition) is 2. The Bertz CT molecular complexity index is 522. The Kier molecular flexibility index (Phi) is 3.26. The summed E-state index contributed by atoms with van der Waals surface area (Å²) in [5.41, 5.74) is 1.60. The standard InChI is InChI=1S/C12H11ClFNS/c1-7-11(16-8(2)15-7)6-9-4-3-5-10(13)12(9)14/h3-5H,6H2,1-2H3. The fraction of sp³-hybridized carbons (Fsp3) is 0.250. The number of benzene rings is 1. The lowest BCUT2D eigenvalue weighted by Crippen LogP contribution is -1.92. The zero-order chi connectivity index (χ0) is 11.7. The van der Waals surface area contributed by atoms with Crippen LogP contribution in [-0.4, -0.2) is 4.98 Å². The minimum atomic E-state index is -0.324. The molecule has 1 aromatic carbocycles. The van der Waals surface area contributed by atoms with Crippen LogP contribution in [0.2, 0.25) is 5.02 Å². The number of hydrogen-bond donors (Lipinski definition) is 0. The molecule has 0 aliphatic heterocycles. The van der Waals surface area contributed by atoms with Gasteiger partial charge in [-0.25, -0.2) is 9.37 Å². The Labute approximate surface area is 103 Å². The van der Waals surface area contributed by atoms with Crippen LogP contribution in [0.3, 0.4) is 0 Å². The summed E-state index contributed by atoms with van der Waals surface area (Å²) in [4.78, 5) is 5.42. The first kappa shape index (κ1) is 11.6. The largest absolute Gasteiger partial charge is 0.247 e. The van der Waals surface area contributed by atoms with E-state index < -0.39 is 0 Å². The second-order valence-electron chi connectivity index (χ2n) is 3.63. The summed E-state index contributed by atoms with van der Waals surface area (Å²) >= 11 is 7.34. The minimum Gasteiger partial charge on any atom is -0.247 e. The van der Waals surface area contributed by atoms with Crippen molar-refractivity contribution in [3.05, 3.63) is 50.2 Å². The second-order valence-corrected chi connectivity index (χ2v) is 5.33. The molecule has 0 N–H and O–H groups in total. The van der Waals surface area contributed by atoms with Crippen LogP contribution in [0.25, 0.3) is 0 Å². The summed E-state index contributed by atoms with van der Waals surface area (Å²) in [6, 6.07) is 5.09. The third kappa shape index (κ3) is 2.25. The normalized spacial score (nSPS) is 10.8. The molecule has 0 atom stereocenters. The highest BCUT2D eigenvalue weighted by Crippen LogP contribution is 2.24. The zero-order valence-electron chi connectivity index (χ0n) is 9.05. The van der Waals surface area contributed by atoms with E-state index in [-0.39, 0.29) is 10.8 Å². The van der Waals surface area contributed by atoms with Gasteiger partial charge in [0.1, 0.15) is 5.82 Å². The molecule has 4 heteroatoms. The predicted octanol–water partition coefficient (Wildman–Crippen LogP) is 4.14. The molecule has 0 fully saturated rings. The predicted molar refractivity (Wildman–Crippen MR) is 65.8 cm³/mol. The van der Waals surface area contributed by atoms with Gasteiger partial charge < -0.3 is 0 Å². The highest BCUT2D eigenvalue weighted by Gasteiger charge is 2.10. The number of aryl methyl sites for hydroxylation is 2. The van der Waals surface area contributed by atoms with Crippen LogP contribution < -0.4 is 0 Å². The van der Waals surface area contributed by atoms with Crippen molar-refractivity contribution in [3.63, 3.8) is 0 Å². The first-order valence-electron chi connectivity index (χ1n) is 4.93. The molecule has 2 aromatic rings. The summed E-state index contributed by atoms with van der Waals surface area (Å²) in [5.74, 6) is -0.324. The quantitative estimate of drug-likeness (QED) is 0.786. The molecule has 16 heavy (non-hydrogen) atoms. The van der Waals surface area contributed by atoms with Gasteiger partial charge in [0, 0.05) is 11.3 Å². The fourth-order valence-corrected chi connectivity index (χ4v) is 2.75. The van der Waals surface area contributed by atoms with Gasteiger partial charge in [-0.05, 0) is 25.5 Å². The summed E-state index contributed by atoms with van der Waals surface area (Å²) in [6.45, 7) is 3.90. The monoisotopic (exact) mass is 255 g/mol. The van der Waals surface area contributed by atoms with E-state index in [1.807, 2.05) is 13.8 Å². The summed E-state index contributed by atoms with van der Waals surface area (Å²) < 4.78 is 13.7. The molecule has 0 saturated heterocycles. The van der Waals surface area contributed by atoms with Crippen molar-refractivity contribution in [1.29, 1.82) is 0 Å². The van der Waals surface area contributed by atoms with Gasteiger partial charge in [-0.3, -0.25) is 0 Å². The Morgan fingerprint density at radius 3 is 2.75 bits per heavy atom. The molecule has 0 aliphatic carbocycles. The summed E-state index contributed by atoms with van der Waals surface area (Å²) in [6.07, 6.45) is 0.559. The van der Waals surface area contributed by atoms with Gasteiger partial charge >= 0.3 is 0 Å². The molecular formula is C12H11ClFNS. The fourth-order valence-electron chi connectivity index (χ4n) is 1.60. The van der Waals surface area contributed by atoms with Crippen LogP contribution in [-0.2, 0) is 6.42 Å². The average Bonchev–Trinajstić information content (AvgIpc) is 2.53. The van der Waals surface area contributed by atoms with Crippen molar-refractivity contribution in [1.82, 2.24) is 4.98 Å². The van der Waals surface area contributed by atoms with Crippen molar-refractivity contribution in [3.8, 4) is 0 Å². The van der Waals surface area contributed by atoms with E-state index in [1.54, 1.807) is 29.5 Å². The molecule has 2 rings (SSSR count). The van der Waals surface area contributed by atoms with Gasteiger partial charge in [-0.15, -0.1) is 11.3 Å². The molecule has 0 amide bonds. The molecule has 0 radical (unpaired) electrons. The van der Waals surface area contributed by atoms with Crippen molar-refractivity contribution in [2.24, 2.45) is 0 Å². The SMILES string of the molecule is Cc1nc(C)c(Cc2cccc(Cl)c2F)s1. The lowest BCUT2D eigenvalue weighted by molar-refractivity contribution is 0.614. The smallest absolute Gasteiger partial charge is 0.145 e. The Balaban J connectivity index is 2.34. The highest BCUT2D eigenvalue weighted by atomic mass is 35.5. The van der Waals surface area contributed by atoms with E-state index in [2.05, 4.69) is 4.98 Å². The average molecular weight is 256 g/mol. The third-order valence-corrected chi connectivity index (χ3v) is 3.75. The molecule has 84 valence electrons. The van der Waals surface area contributed by atoms with E-state index in [4.69, 9.17) is 11.6 Å². The minimum absolute atomic E-state index is 0.177. The molecule has 0 saturated carbocycles. The maximum atomic E-state index is 13.7. The van der Waals surface area contributed by atoms with Gasteiger partial charge in [0.25, 0.3) is 0 Å². The number of nitrogens with zero attached hydrogens (tertiary/aromatic N) is 1. The second kappa shape index (κ2) is 4.52. The Morgan fingerprint density at radius 1 is 1.38 bits per heavy atom. The molecule has 1 nitrogen and oxygen atoms in total. The van der Waals surface area contributed by atoms with E-state index in [1.165, 1.54) is 0 Å². The zero-order valence-corrected chi connectivity index (χ0v) is 10.6. The van der Waals surface area contributed by atoms with E-state index >= 15 is 0 Å². The van der Waals surface area contributed by atoms with Crippen LogP contribution in [0.5, 0.6) is 0 Å². The van der Waals surface area contributed by atoms with Gasteiger partial charge in [-0.1, -0.05) is 23.7 Å². The van der Waals surface area contributed by atoms with Gasteiger partial charge in [0.15, 0.2) is 0 Å². The number of aromatic nitrogens is 1. The van der Waals surface area contributed by atoms with E-state index in [9.17, 15) is 4.39 Å². The Morgan fingerprint density at radius 2 is 2.12 bits per heavy atom. The van der Waals surface area contributed by atoms with Gasteiger partial charge in [0.05, 0.1) is 15.7 Å². The van der Waals surface area contributed by atoms with Crippen molar-refractivity contribution >= 4 is 22.9 Å². The van der Waals surface area contributed by atoms with Crippen LogP contribution in [0, 0.1) is 19.7 Å². The van der Waals surface area contributed by atoms with Crippen LogP contribution in [0.15, 0.2) is 18.2 Å². The van der Waals surface area contributed by atoms with Crippen LogP contribution in [0.4, 0.5) is 4.39 Å². The van der Waals surface area contributed by atoms with Gasteiger partial charge in [0.2, 0.25) is 0 Å². The van der Waals surface area contributed by atoms with Crippen LogP contribution >= 0.6 is 22.9 Å². The molecule has 0 bridgehead atoms. The molecular weight excluding hydrogens is 245 g/mol. The molecule has 0 aliphatic rings. The topological polar surface area (TPSA) is 12.9 Å². The molecule has 0 spiro atoms. The molecule has 0 unspecified atom stereocenters. The maximum Gasteiger partial charge on any atom is 0.145 e. The Hall–Kier alpha value is -0.930. The van der Waals surface area contributed by atoms with Crippen molar-refractivity contribution in [2.45, 2.75) is 20.3 Å². The number of rotatable bonds is 2. The number of thiazole rings is 1. The van der Waals surface area contributed by atoms with Crippen molar-refractivity contribution in [2.75, 3.05) is 0 Å². The van der Waals surface area contributed by atoms with Crippen LogP contribution in [0.1, 0.15) is 21.1 Å². The van der Waals surface area contributed by atoms with Gasteiger partial charge in [-0.2, -0.15) is 0 Å². The highest BCUT2D eigenvalue weighted by molar-refractivity contribution is 7.11.